The van der Waals surface area contributed by atoms with Gasteiger partial charge in [0.2, 0.25) is 0 Å². The second-order valence-corrected chi connectivity index (χ2v) is 5.20. The van der Waals surface area contributed by atoms with Gasteiger partial charge in [-0.05, 0) is 25.0 Å². The molecule has 0 radical (unpaired) electrons. The summed E-state index contributed by atoms with van der Waals surface area (Å²) in [7, 11) is -2.69. The van der Waals surface area contributed by atoms with E-state index in [1.54, 1.807) is 18.1 Å². The molecule has 1 aromatic rings. The average Bonchev–Trinajstić information content (AvgIpc) is 2.27. The lowest BCUT2D eigenvalue weighted by atomic mass is 10.2. The van der Waals surface area contributed by atoms with Gasteiger partial charge in [-0.15, -0.1) is 6.42 Å². The van der Waals surface area contributed by atoms with Crippen molar-refractivity contribution in [3.63, 3.8) is 0 Å². The van der Waals surface area contributed by atoms with Gasteiger partial charge in [0.25, 0.3) is 10.0 Å². The van der Waals surface area contributed by atoms with E-state index in [0.717, 1.165) is 12.6 Å². The maximum absolute atomic E-state index is 11.9. The molecule has 5 heteroatoms. The number of carbonyl (C=O) groups is 1. The molecular formula is C11H11NO3S. The van der Waals surface area contributed by atoms with Crippen LogP contribution in [0.5, 0.6) is 0 Å². The molecule has 16 heavy (non-hydrogen) atoms. The Kier molecular flexibility index (Phi) is 3.35. The standard InChI is InChI=1S/C11H11NO3S/c1-4-11(13)12(3)16(14,15)10-7-5-9(2)6-8-10/h1,5-8H,2-3H3. The molecule has 0 saturated carbocycles. The summed E-state index contributed by atoms with van der Waals surface area (Å²) in [6, 6.07) is 6.18. The third-order valence-corrected chi connectivity index (χ3v) is 3.84. The average molecular weight is 237 g/mol. The minimum absolute atomic E-state index is 0.0456. The molecule has 0 bridgehead atoms. The number of carbonyl (C=O) groups excluding carboxylic acids is 1. The molecule has 0 heterocycles. The Morgan fingerprint density at radius 1 is 1.31 bits per heavy atom. The summed E-state index contributed by atoms with van der Waals surface area (Å²) < 4.78 is 24.3. The van der Waals surface area contributed by atoms with Crippen molar-refractivity contribution in [2.75, 3.05) is 7.05 Å². The maximum atomic E-state index is 11.9. The molecule has 0 fully saturated rings. The van der Waals surface area contributed by atoms with Gasteiger partial charge in [-0.1, -0.05) is 17.7 Å². The molecule has 0 spiro atoms. The molecule has 0 aliphatic carbocycles. The molecule has 0 saturated heterocycles. The van der Waals surface area contributed by atoms with Crippen LogP contribution < -0.4 is 0 Å². The van der Waals surface area contributed by atoms with E-state index in [1.165, 1.54) is 12.1 Å². The van der Waals surface area contributed by atoms with Gasteiger partial charge >= 0.3 is 5.91 Å². The second kappa shape index (κ2) is 4.37. The number of nitrogens with zero attached hydrogens (tertiary/aromatic N) is 1. The normalized spacial score (nSPS) is 10.6. The Hall–Kier alpha value is -1.80. The highest BCUT2D eigenvalue weighted by Gasteiger charge is 2.23. The first-order chi connectivity index (χ1) is 7.39. The third kappa shape index (κ3) is 2.23. The number of hydrogen-bond donors (Lipinski definition) is 0. The number of hydrogen-bond acceptors (Lipinski definition) is 3. The van der Waals surface area contributed by atoms with Gasteiger partial charge in [-0.2, -0.15) is 0 Å². The summed E-state index contributed by atoms with van der Waals surface area (Å²) >= 11 is 0. The number of sulfonamides is 1. The Labute approximate surface area is 94.9 Å². The Morgan fingerprint density at radius 3 is 2.25 bits per heavy atom. The van der Waals surface area contributed by atoms with E-state index < -0.39 is 15.9 Å². The van der Waals surface area contributed by atoms with E-state index in [4.69, 9.17) is 6.42 Å². The fourth-order valence-corrected chi connectivity index (χ4v) is 2.14. The quantitative estimate of drug-likeness (QED) is 0.714. The SMILES string of the molecule is C#CC(=O)N(C)S(=O)(=O)c1ccc(C)cc1. The number of terminal acetylenes is 1. The summed E-state index contributed by atoms with van der Waals surface area (Å²) in [5.41, 5.74) is 0.935. The Balaban J connectivity index is 3.18. The first-order valence-corrected chi connectivity index (χ1v) is 5.90. The van der Waals surface area contributed by atoms with Crippen LogP contribution in [0.25, 0.3) is 0 Å². The molecule has 1 rings (SSSR count). The van der Waals surface area contributed by atoms with E-state index in [-0.39, 0.29) is 4.90 Å². The van der Waals surface area contributed by atoms with Gasteiger partial charge in [0.15, 0.2) is 0 Å². The Morgan fingerprint density at radius 2 is 1.81 bits per heavy atom. The van der Waals surface area contributed by atoms with Crippen LogP contribution in [0.15, 0.2) is 29.2 Å². The van der Waals surface area contributed by atoms with Crippen LogP contribution in [0.2, 0.25) is 0 Å². The number of benzene rings is 1. The van der Waals surface area contributed by atoms with E-state index in [0.29, 0.717) is 4.31 Å². The van der Waals surface area contributed by atoms with Crippen LogP contribution in [0.4, 0.5) is 0 Å². The summed E-state index contributed by atoms with van der Waals surface area (Å²) in [4.78, 5) is 11.2. The smallest absolute Gasteiger partial charge is 0.258 e. The summed E-state index contributed by atoms with van der Waals surface area (Å²) in [5.74, 6) is 0.871. The van der Waals surface area contributed by atoms with Crippen LogP contribution in [0, 0.1) is 19.3 Å². The predicted molar refractivity (Wildman–Crippen MR) is 60.0 cm³/mol. The highest BCUT2D eigenvalue weighted by molar-refractivity contribution is 7.89. The van der Waals surface area contributed by atoms with Crippen LogP contribution in [-0.2, 0) is 14.8 Å². The largest absolute Gasteiger partial charge is 0.311 e. The zero-order valence-corrected chi connectivity index (χ0v) is 9.78. The van der Waals surface area contributed by atoms with Crippen LogP contribution in [0.3, 0.4) is 0 Å². The van der Waals surface area contributed by atoms with Crippen molar-refractivity contribution < 1.29 is 13.2 Å². The van der Waals surface area contributed by atoms with Gasteiger partial charge in [0, 0.05) is 7.05 Å². The van der Waals surface area contributed by atoms with Crippen molar-refractivity contribution in [2.24, 2.45) is 0 Å². The van der Waals surface area contributed by atoms with Crippen LogP contribution >= 0.6 is 0 Å². The zero-order valence-electron chi connectivity index (χ0n) is 8.97. The topological polar surface area (TPSA) is 54.5 Å². The number of aryl methyl sites for hydroxylation is 1. The number of amides is 1. The Bertz CT molecular complexity index is 538. The summed E-state index contributed by atoms with van der Waals surface area (Å²) in [6.45, 7) is 1.84. The van der Waals surface area contributed by atoms with Crippen molar-refractivity contribution >= 4 is 15.9 Å². The molecule has 1 aromatic carbocycles. The molecule has 0 atom stereocenters. The van der Waals surface area contributed by atoms with E-state index in [2.05, 4.69) is 0 Å². The maximum Gasteiger partial charge on any atom is 0.311 e. The zero-order chi connectivity index (χ0) is 12.3. The van der Waals surface area contributed by atoms with Gasteiger partial charge in [0.1, 0.15) is 0 Å². The van der Waals surface area contributed by atoms with E-state index in [9.17, 15) is 13.2 Å². The first-order valence-electron chi connectivity index (χ1n) is 4.46. The molecule has 0 N–H and O–H groups in total. The predicted octanol–water partition coefficient (Wildman–Crippen LogP) is 0.775. The molecular weight excluding hydrogens is 226 g/mol. The molecule has 0 aliphatic heterocycles. The van der Waals surface area contributed by atoms with Crippen LogP contribution in [0.1, 0.15) is 5.56 Å². The lowest BCUT2D eigenvalue weighted by Crippen LogP contribution is -2.32. The van der Waals surface area contributed by atoms with Gasteiger partial charge < -0.3 is 0 Å². The van der Waals surface area contributed by atoms with Crippen molar-refractivity contribution in [3.8, 4) is 12.3 Å². The second-order valence-electron chi connectivity index (χ2n) is 3.24. The molecule has 84 valence electrons. The molecule has 0 aliphatic rings. The molecule has 0 unspecified atom stereocenters. The van der Waals surface area contributed by atoms with Crippen molar-refractivity contribution in [2.45, 2.75) is 11.8 Å². The highest BCUT2D eigenvalue weighted by Crippen LogP contribution is 2.14. The fourth-order valence-electron chi connectivity index (χ4n) is 1.07. The van der Waals surface area contributed by atoms with Gasteiger partial charge in [-0.3, -0.25) is 4.79 Å². The molecule has 4 nitrogen and oxygen atoms in total. The summed E-state index contributed by atoms with van der Waals surface area (Å²) in [5, 5.41) is 0. The van der Waals surface area contributed by atoms with Gasteiger partial charge in [0.05, 0.1) is 4.90 Å². The lowest BCUT2D eigenvalue weighted by molar-refractivity contribution is -0.119. The first kappa shape index (κ1) is 12.3. The van der Waals surface area contributed by atoms with Gasteiger partial charge in [-0.25, -0.2) is 12.7 Å². The fraction of sp³-hybridized carbons (Fsp3) is 0.182. The van der Waals surface area contributed by atoms with Crippen molar-refractivity contribution in [1.29, 1.82) is 0 Å². The van der Waals surface area contributed by atoms with Crippen LogP contribution in [-0.4, -0.2) is 25.7 Å². The minimum atomic E-state index is -3.83. The van der Waals surface area contributed by atoms with E-state index in [1.807, 2.05) is 6.92 Å². The summed E-state index contributed by atoms with van der Waals surface area (Å²) in [6.07, 6.45) is 4.87. The lowest BCUT2D eigenvalue weighted by Gasteiger charge is -2.14. The number of rotatable bonds is 2. The minimum Gasteiger partial charge on any atom is -0.258 e. The highest BCUT2D eigenvalue weighted by atomic mass is 32.2. The molecule has 0 aromatic heterocycles. The monoisotopic (exact) mass is 237 g/mol. The molecule has 1 amide bonds. The van der Waals surface area contributed by atoms with E-state index >= 15 is 0 Å². The third-order valence-electron chi connectivity index (χ3n) is 2.09. The van der Waals surface area contributed by atoms with Crippen molar-refractivity contribution in [3.05, 3.63) is 29.8 Å². The van der Waals surface area contributed by atoms with Crippen molar-refractivity contribution in [1.82, 2.24) is 4.31 Å².